The van der Waals surface area contributed by atoms with Crippen LogP contribution < -0.4 is 15.2 Å². The maximum absolute atomic E-state index is 6.12. The molecule has 0 radical (unpaired) electrons. The molecule has 0 spiro atoms. The minimum Gasteiger partial charge on any atom is -0.497 e. The van der Waals surface area contributed by atoms with Crippen LogP contribution in [-0.4, -0.2) is 13.7 Å². The van der Waals surface area contributed by atoms with Gasteiger partial charge < -0.3 is 15.2 Å². The molecule has 2 aromatic rings. The predicted molar refractivity (Wildman–Crippen MR) is 85.9 cm³/mol. The fourth-order valence-electron chi connectivity index (χ4n) is 2.21. The van der Waals surface area contributed by atoms with Crippen molar-refractivity contribution in [2.45, 2.75) is 25.8 Å². The summed E-state index contributed by atoms with van der Waals surface area (Å²) in [5, 5.41) is 0. The Balaban J connectivity index is 1.93. The van der Waals surface area contributed by atoms with Gasteiger partial charge in [-0.3, -0.25) is 0 Å². The second-order valence-electron chi connectivity index (χ2n) is 5.00. The number of hydrogen-bond donors (Lipinski definition) is 1. The van der Waals surface area contributed by atoms with Crippen LogP contribution in [0.1, 0.15) is 30.5 Å². The first-order chi connectivity index (χ1) is 10.2. The summed E-state index contributed by atoms with van der Waals surface area (Å²) >= 11 is 0. The van der Waals surface area contributed by atoms with E-state index < -0.39 is 0 Å². The molecule has 21 heavy (non-hydrogen) atoms. The molecule has 0 aliphatic heterocycles. The van der Waals surface area contributed by atoms with E-state index >= 15 is 0 Å². The summed E-state index contributed by atoms with van der Waals surface area (Å²) in [4.78, 5) is 0. The third-order valence-corrected chi connectivity index (χ3v) is 3.57. The third-order valence-electron chi connectivity index (χ3n) is 3.57. The lowest BCUT2D eigenvalue weighted by molar-refractivity contribution is 0.316. The van der Waals surface area contributed by atoms with E-state index in [-0.39, 0.29) is 6.04 Å². The van der Waals surface area contributed by atoms with E-state index in [2.05, 4.69) is 19.1 Å². The van der Waals surface area contributed by atoms with Crippen molar-refractivity contribution in [3.8, 4) is 11.5 Å². The second kappa shape index (κ2) is 7.70. The minimum absolute atomic E-state index is 0.0298. The Kier molecular flexibility index (Phi) is 5.64. The number of para-hydroxylation sites is 1. The highest BCUT2D eigenvalue weighted by Gasteiger charge is 2.09. The number of benzene rings is 2. The molecule has 0 bridgehead atoms. The molecular weight excluding hydrogens is 262 g/mol. The fourth-order valence-corrected chi connectivity index (χ4v) is 2.21. The molecule has 0 unspecified atom stereocenters. The molecule has 2 N–H and O–H groups in total. The van der Waals surface area contributed by atoms with E-state index in [1.165, 1.54) is 5.56 Å². The Morgan fingerprint density at radius 3 is 2.43 bits per heavy atom. The normalized spacial score (nSPS) is 12.0. The highest BCUT2D eigenvalue weighted by molar-refractivity contribution is 5.35. The van der Waals surface area contributed by atoms with Crippen molar-refractivity contribution in [3.63, 3.8) is 0 Å². The molecule has 2 rings (SSSR count). The van der Waals surface area contributed by atoms with Gasteiger partial charge in [0.2, 0.25) is 0 Å². The van der Waals surface area contributed by atoms with Gasteiger partial charge in [-0.1, -0.05) is 37.3 Å². The first-order valence-electron chi connectivity index (χ1n) is 7.34. The number of ether oxygens (including phenoxy) is 2. The van der Waals surface area contributed by atoms with E-state index in [0.29, 0.717) is 6.61 Å². The standard InChI is InChI=1S/C18H23NO2/c1-3-17(19)16-6-4-5-7-18(16)21-13-12-14-8-10-15(20-2)11-9-14/h4-11,17H,3,12-13,19H2,1-2H3/t17-/m0/s1. The van der Waals surface area contributed by atoms with E-state index in [0.717, 1.165) is 29.9 Å². The van der Waals surface area contributed by atoms with Gasteiger partial charge >= 0.3 is 0 Å². The molecule has 1 atom stereocenters. The van der Waals surface area contributed by atoms with Crippen molar-refractivity contribution in [1.82, 2.24) is 0 Å². The molecular formula is C18H23NO2. The lowest BCUT2D eigenvalue weighted by Crippen LogP contribution is -2.11. The highest BCUT2D eigenvalue weighted by atomic mass is 16.5. The highest BCUT2D eigenvalue weighted by Crippen LogP contribution is 2.25. The van der Waals surface area contributed by atoms with E-state index in [9.17, 15) is 0 Å². The Bertz CT molecular complexity index is 551. The van der Waals surface area contributed by atoms with Crippen LogP contribution >= 0.6 is 0 Å². The van der Waals surface area contributed by atoms with E-state index in [4.69, 9.17) is 15.2 Å². The molecule has 0 aromatic heterocycles. The van der Waals surface area contributed by atoms with Crippen LogP contribution in [0.4, 0.5) is 0 Å². The molecule has 3 heteroatoms. The maximum Gasteiger partial charge on any atom is 0.124 e. The molecule has 0 aliphatic carbocycles. The number of rotatable bonds is 7. The van der Waals surface area contributed by atoms with Crippen molar-refractivity contribution in [2.75, 3.05) is 13.7 Å². The van der Waals surface area contributed by atoms with Gasteiger partial charge in [-0.2, -0.15) is 0 Å². The van der Waals surface area contributed by atoms with Gasteiger partial charge in [0.05, 0.1) is 13.7 Å². The molecule has 112 valence electrons. The van der Waals surface area contributed by atoms with Crippen LogP contribution in [0.25, 0.3) is 0 Å². The molecule has 0 amide bonds. The van der Waals surface area contributed by atoms with Crippen molar-refractivity contribution < 1.29 is 9.47 Å². The van der Waals surface area contributed by atoms with Gasteiger partial charge in [-0.05, 0) is 30.2 Å². The summed E-state index contributed by atoms with van der Waals surface area (Å²) in [6.45, 7) is 2.72. The Hall–Kier alpha value is -2.00. The molecule has 0 saturated carbocycles. The van der Waals surface area contributed by atoms with Crippen LogP contribution in [0.5, 0.6) is 11.5 Å². The summed E-state index contributed by atoms with van der Waals surface area (Å²) in [5.41, 5.74) is 8.42. The van der Waals surface area contributed by atoms with Gasteiger partial charge in [0.25, 0.3) is 0 Å². The van der Waals surface area contributed by atoms with Gasteiger partial charge in [-0.15, -0.1) is 0 Å². The third kappa shape index (κ3) is 4.23. The van der Waals surface area contributed by atoms with Crippen molar-refractivity contribution in [2.24, 2.45) is 5.73 Å². The average Bonchev–Trinajstić information content (AvgIpc) is 2.55. The first kappa shape index (κ1) is 15.4. The molecule has 0 aliphatic rings. The zero-order valence-electron chi connectivity index (χ0n) is 12.7. The zero-order chi connectivity index (χ0) is 15.1. The van der Waals surface area contributed by atoms with Gasteiger partial charge in [0, 0.05) is 18.0 Å². The average molecular weight is 285 g/mol. The lowest BCUT2D eigenvalue weighted by atomic mass is 10.0. The van der Waals surface area contributed by atoms with Crippen LogP contribution in [0, 0.1) is 0 Å². The van der Waals surface area contributed by atoms with Crippen LogP contribution in [0.2, 0.25) is 0 Å². The molecule has 3 nitrogen and oxygen atoms in total. The monoisotopic (exact) mass is 285 g/mol. The topological polar surface area (TPSA) is 44.5 Å². The summed E-state index contributed by atoms with van der Waals surface area (Å²) in [7, 11) is 1.67. The molecule has 2 aromatic carbocycles. The summed E-state index contributed by atoms with van der Waals surface area (Å²) < 4.78 is 11.1. The van der Waals surface area contributed by atoms with Crippen LogP contribution in [-0.2, 0) is 6.42 Å². The number of hydrogen-bond acceptors (Lipinski definition) is 3. The first-order valence-corrected chi connectivity index (χ1v) is 7.34. The van der Waals surface area contributed by atoms with E-state index in [1.54, 1.807) is 7.11 Å². The Morgan fingerprint density at radius 2 is 1.76 bits per heavy atom. The van der Waals surface area contributed by atoms with Gasteiger partial charge in [-0.25, -0.2) is 0 Å². The van der Waals surface area contributed by atoms with Crippen molar-refractivity contribution >= 4 is 0 Å². The Labute approximate surface area is 126 Å². The SMILES string of the molecule is CC[C@H](N)c1ccccc1OCCc1ccc(OC)cc1. The summed E-state index contributed by atoms with van der Waals surface area (Å²) in [5.74, 6) is 1.76. The lowest BCUT2D eigenvalue weighted by Gasteiger charge is -2.15. The van der Waals surface area contributed by atoms with Gasteiger partial charge in [0.1, 0.15) is 11.5 Å². The predicted octanol–water partition coefficient (Wildman–Crippen LogP) is 3.73. The molecule has 0 heterocycles. The van der Waals surface area contributed by atoms with Crippen molar-refractivity contribution in [3.05, 3.63) is 59.7 Å². The Morgan fingerprint density at radius 1 is 1.05 bits per heavy atom. The summed E-state index contributed by atoms with van der Waals surface area (Å²) in [6, 6.07) is 16.1. The van der Waals surface area contributed by atoms with Crippen LogP contribution in [0.15, 0.2) is 48.5 Å². The quantitative estimate of drug-likeness (QED) is 0.843. The second-order valence-corrected chi connectivity index (χ2v) is 5.00. The van der Waals surface area contributed by atoms with Crippen LogP contribution in [0.3, 0.4) is 0 Å². The smallest absolute Gasteiger partial charge is 0.124 e. The molecule has 0 saturated heterocycles. The minimum atomic E-state index is 0.0298. The van der Waals surface area contributed by atoms with Gasteiger partial charge in [0.15, 0.2) is 0 Å². The van der Waals surface area contributed by atoms with Crippen molar-refractivity contribution in [1.29, 1.82) is 0 Å². The number of methoxy groups -OCH3 is 1. The maximum atomic E-state index is 6.12. The fraction of sp³-hybridized carbons (Fsp3) is 0.333. The summed E-state index contributed by atoms with van der Waals surface area (Å²) in [6.07, 6.45) is 1.76. The largest absolute Gasteiger partial charge is 0.497 e. The zero-order valence-corrected chi connectivity index (χ0v) is 12.7. The molecule has 0 fully saturated rings. The number of nitrogens with two attached hydrogens (primary N) is 1. The van der Waals surface area contributed by atoms with E-state index in [1.807, 2.05) is 36.4 Å².